The van der Waals surface area contributed by atoms with Crippen molar-refractivity contribution >= 4 is 11.6 Å². The monoisotopic (exact) mass is 336 g/mol. The number of carbonyl (C=O) groups excluding carboxylic acids is 1. The van der Waals surface area contributed by atoms with E-state index in [9.17, 15) is 9.18 Å². The quantitative estimate of drug-likeness (QED) is 0.815. The van der Waals surface area contributed by atoms with E-state index in [1.165, 1.54) is 12.1 Å². The Kier molecular flexibility index (Phi) is 5.42. The highest BCUT2D eigenvalue weighted by Crippen LogP contribution is 2.17. The number of likely N-dealkylation sites (N-methyl/N-ethyl adjacent to an activating group) is 1. The van der Waals surface area contributed by atoms with Gasteiger partial charge in [0.05, 0.1) is 31.6 Å². The van der Waals surface area contributed by atoms with Crippen LogP contribution in [0.1, 0.15) is 12.0 Å². The molecule has 24 heavy (non-hydrogen) atoms. The van der Waals surface area contributed by atoms with Gasteiger partial charge >= 0.3 is 0 Å². The molecule has 2 aliphatic rings. The minimum absolute atomic E-state index is 0.103. The van der Waals surface area contributed by atoms with Crippen molar-refractivity contribution in [1.82, 2.24) is 4.90 Å². The summed E-state index contributed by atoms with van der Waals surface area (Å²) in [5.74, 6) is -0.394. The molecule has 130 valence electrons. The third-order valence-corrected chi connectivity index (χ3v) is 4.07. The van der Waals surface area contributed by atoms with Gasteiger partial charge in [0.15, 0.2) is 0 Å². The average Bonchev–Trinajstić information content (AvgIpc) is 3.05. The van der Waals surface area contributed by atoms with Crippen LogP contribution in [0.3, 0.4) is 0 Å². The maximum absolute atomic E-state index is 12.9. The van der Waals surface area contributed by atoms with Crippen LogP contribution in [0.5, 0.6) is 0 Å². The van der Waals surface area contributed by atoms with Crippen LogP contribution in [-0.2, 0) is 25.5 Å². The Morgan fingerprint density at radius 2 is 2.12 bits per heavy atom. The van der Waals surface area contributed by atoms with Crippen molar-refractivity contribution in [2.24, 2.45) is 5.16 Å². The summed E-state index contributed by atoms with van der Waals surface area (Å²) < 4.78 is 23.8. The molecule has 3 rings (SSSR count). The maximum atomic E-state index is 12.9. The lowest BCUT2D eigenvalue weighted by Crippen LogP contribution is -2.44. The molecule has 6 nitrogen and oxygen atoms in total. The molecule has 1 fully saturated rings. The van der Waals surface area contributed by atoms with Gasteiger partial charge in [0.2, 0.25) is 6.10 Å². The van der Waals surface area contributed by atoms with Gasteiger partial charge in [0.1, 0.15) is 5.82 Å². The number of halogens is 1. The normalized spacial score (nSPS) is 23.5. The van der Waals surface area contributed by atoms with Gasteiger partial charge in [-0.2, -0.15) is 0 Å². The van der Waals surface area contributed by atoms with Crippen LogP contribution >= 0.6 is 0 Å². The van der Waals surface area contributed by atoms with E-state index in [2.05, 4.69) is 5.16 Å². The van der Waals surface area contributed by atoms with E-state index in [1.54, 1.807) is 24.1 Å². The van der Waals surface area contributed by atoms with Crippen molar-refractivity contribution in [3.63, 3.8) is 0 Å². The number of ether oxygens (including phenoxy) is 2. The lowest BCUT2D eigenvalue weighted by Gasteiger charge is -2.28. The molecule has 0 aromatic heterocycles. The zero-order valence-electron chi connectivity index (χ0n) is 13.6. The minimum Gasteiger partial charge on any atom is -0.382 e. The Balaban J connectivity index is 1.48. The number of oxime groups is 1. The maximum Gasteiger partial charge on any atom is 0.266 e. The minimum atomic E-state index is -0.602. The summed E-state index contributed by atoms with van der Waals surface area (Å²) in [6.45, 7) is 2.11. The number of hydrogen-bond acceptors (Lipinski definition) is 5. The molecule has 2 heterocycles. The van der Waals surface area contributed by atoms with Gasteiger partial charge < -0.3 is 19.2 Å². The highest BCUT2D eigenvalue weighted by atomic mass is 19.1. The van der Waals surface area contributed by atoms with Crippen LogP contribution in [0, 0.1) is 5.82 Å². The first-order chi connectivity index (χ1) is 11.6. The molecule has 1 saturated heterocycles. The first kappa shape index (κ1) is 16.9. The SMILES string of the molecule is CN(CC1COCCO1)C(=O)C1CC(Cc2ccc(F)cc2)=NO1. The zero-order chi connectivity index (χ0) is 16.9. The number of nitrogens with zero attached hydrogens (tertiary/aromatic N) is 2. The van der Waals surface area contributed by atoms with E-state index in [0.29, 0.717) is 39.2 Å². The molecular weight excluding hydrogens is 315 g/mol. The van der Waals surface area contributed by atoms with Gasteiger partial charge in [0.25, 0.3) is 5.91 Å². The van der Waals surface area contributed by atoms with Crippen molar-refractivity contribution in [2.75, 3.05) is 33.4 Å². The standard InChI is InChI=1S/C17H21FN2O4/c1-20(10-15-11-22-6-7-23-15)17(21)16-9-14(19-24-16)8-12-2-4-13(18)5-3-12/h2-5,15-16H,6-11H2,1H3. The number of carbonyl (C=O) groups is 1. The number of benzene rings is 1. The summed E-state index contributed by atoms with van der Waals surface area (Å²) in [6, 6.07) is 6.24. The van der Waals surface area contributed by atoms with Crippen molar-refractivity contribution in [2.45, 2.75) is 25.0 Å². The molecule has 0 radical (unpaired) electrons. The predicted octanol–water partition coefficient (Wildman–Crippen LogP) is 1.39. The zero-order valence-corrected chi connectivity index (χ0v) is 13.6. The average molecular weight is 336 g/mol. The van der Waals surface area contributed by atoms with Crippen LogP contribution in [-0.4, -0.2) is 62.1 Å². The summed E-state index contributed by atoms with van der Waals surface area (Å²) in [5.41, 5.74) is 1.72. The summed E-state index contributed by atoms with van der Waals surface area (Å²) in [6.07, 6.45) is 0.291. The summed E-state index contributed by atoms with van der Waals surface area (Å²) in [5, 5.41) is 4.00. The van der Waals surface area contributed by atoms with Gasteiger partial charge in [-0.1, -0.05) is 17.3 Å². The Morgan fingerprint density at radius 3 is 2.83 bits per heavy atom. The molecule has 0 N–H and O–H groups in total. The topological polar surface area (TPSA) is 60.4 Å². The summed E-state index contributed by atoms with van der Waals surface area (Å²) in [4.78, 5) is 19.3. The van der Waals surface area contributed by atoms with E-state index in [-0.39, 0.29) is 17.8 Å². The lowest BCUT2D eigenvalue weighted by molar-refractivity contribution is -0.146. The van der Waals surface area contributed by atoms with Crippen molar-refractivity contribution in [3.8, 4) is 0 Å². The van der Waals surface area contributed by atoms with Gasteiger partial charge in [0, 0.05) is 26.4 Å². The second-order valence-corrected chi connectivity index (χ2v) is 6.05. The van der Waals surface area contributed by atoms with E-state index < -0.39 is 6.10 Å². The fourth-order valence-corrected chi connectivity index (χ4v) is 2.78. The van der Waals surface area contributed by atoms with E-state index in [1.807, 2.05) is 0 Å². The predicted molar refractivity (Wildman–Crippen MR) is 85.2 cm³/mol. The molecule has 1 aromatic carbocycles. The highest BCUT2D eigenvalue weighted by molar-refractivity contribution is 5.93. The smallest absolute Gasteiger partial charge is 0.266 e. The molecule has 1 aromatic rings. The molecule has 2 aliphatic heterocycles. The van der Waals surface area contributed by atoms with E-state index in [0.717, 1.165) is 11.3 Å². The summed E-state index contributed by atoms with van der Waals surface area (Å²) >= 11 is 0. The van der Waals surface area contributed by atoms with Gasteiger partial charge in [-0.15, -0.1) is 0 Å². The molecule has 2 unspecified atom stereocenters. The van der Waals surface area contributed by atoms with Crippen molar-refractivity contribution in [1.29, 1.82) is 0 Å². The molecule has 2 atom stereocenters. The second-order valence-electron chi connectivity index (χ2n) is 6.05. The number of amides is 1. The highest BCUT2D eigenvalue weighted by Gasteiger charge is 2.31. The number of hydrogen-bond donors (Lipinski definition) is 0. The Morgan fingerprint density at radius 1 is 1.33 bits per heavy atom. The molecule has 0 bridgehead atoms. The van der Waals surface area contributed by atoms with Crippen LogP contribution in [0.2, 0.25) is 0 Å². The van der Waals surface area contributed by atoms with Crippen LogP contribution in [0.15, 0.2) is 29.4 Å². The molecule has 0 aliphatic carbocycles. The van der Waals surface area contributed by atoms with Crippen molar-refractivity contribution < 1.29 is 23.5 Å². The second kappa shape index (κ2) is 7.72. The molecule has 0 saturated carbocycles. The fourth-order valence-electron chi connectivity index (χ4n) is 2.78. The van der Waals surface area contributed by atoms with E-state index >= 15 is 0 Å². The summed E-state index contributed by atoms with van der Waals surface area (Å²) in [7, 11) is 1.72. The lowest BCUT2D eigenvalue weighted by atomic mass is 10.0. The largest absolute Gasteiger partial charge is 0.382 e. The third kappa shape index (κ3) is 4.30. The van der Waals surface area contributed by atoms with E-state index in [4.69, 9.17) is 14.3 Å². The first-order valence-corrected chi connectivity index (χ1v) is 8.02. The molecule has 0 spiro atoms. The fraction of sp³-hybridized carbons (Fsp3) is 0.529. The van der Waals surface area contributed by atoms with Gasteiger partial charge in [-0.3, -0.25) is 4.79 Å². The third-order valence-electron chi connectivity index (χ3n) is 4.07. The first-order valence-electron chi connectivity index (χ1n) is 8.02. The van der Waals surface area contributed by atoms with Gasteiger partial charge in [-0.25, -0.2) is 4.39 Å². The van der Waals surface area contributed by atoms with Crippen LogP contribution < -0.4 is 0 Å². The molecule has 1 amide bonds. The Hall–Kier alpha value is -1.99. The Labute approximate surface area is 140 Å². The Bertz CT molecular complexity index is 599. The molecular formula is C17H21FN2O4. The van der Waals surface area contributed by atoms with Crippen LogP contribution in [0.4, 0.5) is 4.39 Å². The van der Waals surface area contributed by atoms with Gasteiger partial charge in [-0.05, 0) is 17.7 Å². The number of rotatable bonds is 5. The van der Waals surface area contributed by atoms with Crippen LogP contribution in [0.25, 0.3) is 0 Å². The van der Waals surface area contributed by atoms with Crippen molar-refractivity contribution in [3.05, 3.63) is 35.6 Å². The molecule has 7 heteroatoms.